The van der Waals surface area contributed by atoms with E-state index in [4.69, 9.17) is 0 Å². The van der Waals surface area contributed by atoms with Gasteiger partial charge in [-0.15, -0.1) is 0 Å². The largest absolute Gasteiger partial charge is 0.384 e. The number of halogens is 1. The van der Waals surface area contributed by atoms with Crippen LogP contribution in [0.3, 0.4) is 0 Å². The van der Waals surface area contributed by atoms with Crippen LogP contribution in [0, 0.1) is 12.9 Å². The monoisotopic (exact) mass is 140 g/mol. The lowest BCUT2D eigenvalue weighted by atomic mass is 10.2. The molecule has 0 bridgehead atoms. The lowest BCUT2D eigenvalue weighted by molar-refractivity contribution is 0.586. The van der Waals surface area contributed by atoms with E-state index >= 15 is 0 Å². The van der Waals surface area contributed by atoms with Crippen molar-refractivity contribution >= 4 is 5.69 Å². The van der Waals surface area contributed by atoms with Crippen LogP contribution in [0.2, 0.25) is 0 Å². The minimum Gasteiger partial charge on any atom is -0.384 e. The van der Waals surface area contributed by atoms with Gasteiger partial charge in [-0.05, 0) is 18.6 Å². The fourth-order valence-corrected chi connectivity index (χ4v) is 0.825. The number of aromatic nitrogens is 1. The maximum absolute atomic E-state index is 12.7. The van der Waals surface area contributed by atoms with E-state index in [9.17, 15) is 4.39 Å². The van der Waals surface area contributed by atoms with Crippen molar-refractivity contribution in [1.82, 2.24) is 4.98 Å². The van der Waals surface area contributed by atoms with Gasteiger partial charge in [-0.3, -0.25) is 0 Å². The third-order valence-corrected chi connectivity index (χ3v) is 1.36. The van der Waals surface area contributed by atoms with E-state index in [-0.39, 0.29) is 0 Å². The molecular formula is C7H9FN2. The van der Waals surface area contributed by atoms with Crippen LogP contribution in [-0.2, 0) is 0 Å². The van der Waals surface area contributed by atoms with E-state index in [1.165, 1.54) is 6.20 Å². The summed E-state index contributed by atoms with van der Waals surface area (Å²) in [6.45, 7) is 1.83. The van der Waals surface area contributed by atoms with Gasteiger partial charge in [0.25, 0.3) is 0 Å². The first-order valence-corrected chi connectivity index (χ1v) is 3.04. The van der Waals surface area contributed by atoms with Crippen LogP contribution in [0.15, 0.2) is 12.3 Å². The molecule has 0 aliphatic rings. The van der Waals surface area contributed by atoms with Gasteiger partial charge in [-0.25, -0.2) is 4.98 Å². The average Bonchev–Trinajstić information content (AvgIpc) is 1.88. The van der Waals surface area contributed by atoms with Crippen molar-refractivity contribution in [2.24, 2.45) is 0 Å². The zero-order chi connectivity index (χ0) is 7.56. The molecule has 1 rings (SSSR count). The topological polar surface area (TPSA) is 24.9 Å². The van der Waals surface area contributed by atoms with E-state index in [1.54, 1.807) is 13.1 Å². The Morgan fingerprint density at radius 1 is 1.60 bits per heavy atom. The molecule has 0 aliphatic carbocycles. The molecule has 0 fully saturated rings. The van der Waals surface area contributed by atoms with Crippen molar-refractivity contribution in [2.45, 2.75) is 6.92 Å². The average molecular weight is 140 g/mol. The number of hydrogen-bond donors (Lipinski definition) is 1. The molecule has 3 heteroatoms. The molecule has 2 nitrogen and oxygen atoms in total. The van der Waals surface area contributed by atoms with E-state index in [0.29, 0.717) is 5.69 Å². The zero-order valence-corrected chi connectivity index (χ0v) is 5.98. The number of anilines is 1. The van der Waals surface area contributed by atoms with E-state index in [0.717, 1.165) is 5.56 Å². The Balaban J connectivity index is 3.17. The van der Waals surface area contributed by atoms with Gasteiger partial charge in [0.2, 0.25) is 5.95 Å². The molecule has 54 valence electrons. The highest BCUT2D eigenvalue weighted by atomic mass is 19.1. The minimum atomic E-state index is -0.442. The maximum Gasteiger partial charge on any atom is 0.236 e. The molecule has 0 saturated carbocycles. The summed E-state index contributed by atoms with van der Waals surface area (Å²) in [5, 5.41) is 2.73. The summed E-state index contributed by atoms with van der Waals surface area (Å²) < 4.78 is 12.7. The predicted molar refractivity (Wildman–Crippen MR) is 38.5 cm³/mol. The highest BCUT2D eigenvalue weighted by Crippen LogP contribution is 2.14. The lowest BCUT2D eigenvalue weighted by Crippen LogP contribution is -1.97. The van der Waals surface area contributed by atoms with Crippen molar-refractivity contribution in [3.63, 3.8) is 0 Å². The van der Waals surface area contributed by atoms with Crippen LogP contribution in [-0.4, -0.2) is 12.0 Å². The van der Waals surface area contributed by atoms with E-state index in [1.807, 2.05) is 6.92 Å². The highest BCUT2D eigenvalue weighted by molar-refractivity contribution is 5.48. The molecule has 1 heterocycles. The molecule has 0 aromatic carbocycles. The van der Waals surface area contributed by atoms with Crippen molar-refractivity contribution in [1.29, 1.82) is 0 Å². The Bertz CT molecular complexity index is 215. The quantitative estimate of drug-likeness (QED) is 0.599. The molecule has 0 atom stereocenters. The fourth-order valence-electron chi connectivity index (χ4n) is 0.825. The van der Waals surface area contributed by atoms with Crippen LogP contribution in [0.5, 0.6) is 0 Å². The molecule has 0 aliphatic heterocycles. The Hall–Kier alpha value is -1.12. The number of nitrogens with one attached hydrogen (secondary N) is 1. The van der Waals surface area contributed by atoms with Gasteiger partial charge in [0.05, 0.1) is 5.69 Å². The van der Waals surface area contributed by atoms with Crippen molar-refractivity contribution in [3.05, 3.63) is 23.8 Å². The van der Waals surface area contributed by atoms with Crippen LogP contribution < -0.4 is 5.32 Å². The van der Waals surface area contributed by atoms with Crippen LogP contribution in [0.25, 0.3) is 0 Å². The molecule has 10 heavy (non-hydrogen) atoms. The number of pyridine rings is 1. The molecular weight excluding hydrogens is 131 g/mol. The Morgan fingerprint density at radius 2 is 2.30 bits per heavy atom. The van der Waals surface area contributed by atoms with Gasteiger partial charge in [0, 0.05) is 13.2 Å². The van der Waals surface area contributed by atoms with Crippen molar-refractivity contribution in [3.8, 4) is 0 Å². The summed E-state index contributed by atoms with van der Waals surface area (Å²) in [5.41, 5.74) is 1.34. The normalized spacial score (nSPS) is 9.50. The number of rotatable bonds is 1. The first kappa shape index (κ1) is 6.99. The lowest BCUT2D eigenvalue weighted by Gasteiger charge is -2.02. The summed E-state index contributed by atoms with van der Waals surface area (Å²) in [7, 11) is 1.67. The van der Waals surface area contributed by atoms with Crippen LogP contribution in [0.1, 0.15) is 5.56 Å². The molecule has 1 N–H and O–H groups in total. The van der Waals surface area contributed by atoms with Gasteiger partial charge in [-0.2, -0.15) is 4.39 Å². The number of aryl methyl sites for hydroxylation is 1. The third kappa shape index (κ3) is 1.07. The SMILES string of the molecule is CNc1c(C)ccnc1F. The van der Waals surface area contributed by atoms with Gasteiger partial charge in [0.15, 0.2) is 0 Å². The Morgan fingerprint density at radius 3 is 2.70 bits per heavy atom. The standard InChI is InChI=1S/C7H9FN2/c1-5-3-4-10-7(8)6(5)9-2/h3-4,9H,1-2H3. The summed E-state index contributed by atoms with van der Waals surface area (Å²) >= 11 is 0. The number of nitrogens with zero attached hydrogens (tertiary/aromatic N) is 1. The van der Waals surface area contributed by atoms with Gasteiger partial charge < -0.3 is 5.32 Å². The summed E-state index contributed by atoms with van der Waals surface area (Å²) in [6.07, 6.45) is 1.45. The summed E-state index contributed by atoms with van der Waals surface area (Å²) in [6, 6.07) is 1.76. The second-order valence-electron chi connectivity index (χ2n) is 2.04. The number of hydrogen-bond acceptors (Lipinski definition) is 2. The maximum atomic E-state index is 12.7. The minimum absolute atomic E-state index is 0.442. The van der Waals surface area contributed by atoms with Gasteiger partial charge in [0.1, 0.15) is 0 Å². The van der Waals surface area contributed by atoms with Crippen LogP contribution in [0.4, 0.5) is 10.1 Å². The fraction of sp³-hybridized carbons (Fsp3) is 0.286. The molecule has 0 amide bonds. The molecule has 0 spiro atoms. The molecule has 0 unspecified atom stereocenters. The highest BCUT2D eigenvalue weighted by Gasteiger charge is 2.01. The van der Waals surface area contributed by atoms with Gasteiger partial charge >= 0.3 is 0 Å². The first-order chi connectivity index (χ1) is 4.75. The molecule has 0 saturated heterocycles. The smallest absolute Gasteiger partial charge is 0.236 e. The molecule has 0 radical (unpaired) electrons. The Kier molecular flexibility index (Phi) is 1.85. The van der Waals surface area contributed by atoms with Crippen molar-refractivity contribution < 1.29 is 4.39 Å². The predicted octanol–water partition coefficient (Wildman–Crippen LogP) is 1.57. The van der Waals surface area contributed by atoms with Gasteiger partial charge in [-0.1, -0.05) is 0 Å². The zero-order valence-electron chi connectivity index (χ0n) is 5.98. The molecule has 1 aromatic heterocycles. The molecule has 1 aromatic rings. The van der Waals surface area contributed by atoms with E-state index in [2.05, 4.69) is 10.3 Å². The summed E-state index contributed by atoms with van der Waals surface area (Å²) in [5.74, 6) is -0.442. The van der Waals surface area contributed by atoms with Crippen LogP contribution >= 0.6 is 0 Å². The second-order valence-corrected chi connectivity index (χ2v) is 2.04. The summed E-state index contributed by atoms with van der Waals surface area (Å²) in [4.78, 5) is 3.48. The Labute approximate surface area is 59.1 Å². The first-order valence-electron chi connectivity index (χ1n) is 3.04. The third-order valence-electron chi connectivity index (χ3n) is 1.36. The van der Waals surface area contributed by atoms with E-state index < -0.39 is 5.95 Å². The van der Waals surface area contributed by atoms with Crippen molar-refractivity contribution in [2.75, 3.05) is 12.4 Å². The second kappa shape index (κ2) is 2.64.